The van der Waals surface area contributed by atoms with E-state index in [0.717, 1.165) is 15.8 Å². The summed E-state index contributed by atoms with van der Waals surface area (Å²) in [6, 6.07) is 9.30. The molecule has 1 aliphatic rings. The summed E-state index contributed by atoms with van der Waals surface area (Å²) in [5.41, 5.74) is 1.91. The van der Waals surface area contributed by atoms with E-state index in [0.29, 0.717) is 9.82 Å². The van der Waals surface area contributed by atoms with Crippen molar-refractivity contribution < 1.29 is 22.7 Å². The number of piperazine rings is 1. The number of aryl methyl sites for hydroxylation is 1. The van der Waals surface area contributed by atoms with Gasteiger partial charge in [0.05, 0.1) is 28.3 Å². The first-order chi connectivity index (χ1) is 17.7. The lowest BCUT2D eigenvalue weighted by atomic mass is 10.2. The van der Waals surface area contributed by atoms with Gasteiger partial charge in [-0.2, -0.15) is 9.30 Å². The number of hydrogen-bond acceptors (Lipinski definition) is 6. The number of ether oxygens (including phenoxy) is 1. The van der Waals surface area contributed by atoms with E-state index in [4.69, 9.17) is 22.8 Å². The van der Waals surface area contributed by atoms with Crippen molar-refractivity contribution in [3.63, 3.8) is 0 Å². The van der Waals surface area contributed by atoms with Gasteiger partial charge in [-0.25, -0.2) is 13.2 Å². The van der Waals surface area contributed by atoms with Gasteiger partial charge in [-0.15, -0.1) is 6.42 Å². The Morgan fingerprint density at radius 2 is 1.81 bits per heavy atom. The van der Waals surface area contributed by atoms with Gasteiger partial charge in [0.15, 0.2) is 4.80 Å². The molecular formula is C25H25ClN4O5S2. The molecule has 2 aromatic carbocycles. The van der Waals surface area contributed by atoms with Crippen molar-refractivity contribution in [2.45, 2.75) is 25.3 Å². The summed E-state index contributed by atoms with van der Waals surface area (Å²) in [5, 5.41) is 0.591. The molecular weight excluding hydrogens is 536 g/mol. The quantitative estimate of drug-likeness (QED) is 0.445. The molecule has 194 valence electrons. The molecule has 1 aliphatic heterocycles. The van der Waals surface area contributed by atoms with Crippen LogP contribution in [0, 0.1) is 19.3 Å². The summed E-state index contributed by atoms with van der Waals surface area (Å²) in [4.78, 5) is 31.1. The maximum Gasteiger partial charge on any atom is 0.409 e. The highest BCUT2D eigenvalue weighted by Crippen LogP contribution is 2.27. The minimum atomic E-state index is -3.79. The summed E-state index contributed by atoms with van der Waals surface area (Å²) >= 11 is 7.60. The van der Waals surface area contributed by atoms with E-state index >= 15 is 0 Å². The van der Waals surface area contributed by atoms with E-state index in [1.54, 1.807) is 17.6 Å². The predicted octanol–water partition coefficient (Wildman–Crippen LogP) is 3.50. The van der Waals surface area contributed by atoms with Gasteiger partial charge in [0.2, 0.25) is 10.0 Å². The minimum absolute atomic E-state index is 0.0585. The van der Waals surface area contributed by atoms with Crippen molar-refractivity contribution in [1.82, 2.24) is 13.8 Å². The maximum atomic E-state index is 13.1. The molecule has 1 fully saturated rings. The van der Waals surface area contributed by atoms with E-state index in [2.05, 4.69) is 10.9 Å². The predicted molar refractivity (Wildman–Crippen MR) is 142 cm³/mol. The number of rotatable bonds is 5. The van der Waals surface area contributed by atoms with Crippen LogP contribution in [0.4, 0.5) is 4.79 Å². The first kappa shape index (κ1) is 26.9. The molecule has 1 saturated heterocycles. The molecule has 0 radical (unpaired) electrons. The third-order valence-corrected chi connectivity index (χ3v) is 9.35. The van der Waals surface area contributed by atoms with Crippen molar-refractivity contribution in [3.05, 3.63) is 57.3 Å². The largest absolute Gasteiger partial charge is 0.450 e. The van der Waals surface area contributed by atoms with Crippen LogP contribution in [-0.4, -0.2) is 67.0 Å². The van der Waals surface area contributed by atoms with E-state index in [1.807, 2.05) is 13.0 Å². The fraction of sp³-hybridized carbons (Fsp3) is 0.320. The Morgan fingerprint density at radius 3 is 2.43 bits per heavy atom. The molecule has 0 spiro atoms. The van der Waals surface area contributed by atoms with E-state index < -0.39 is 22.0 Å². The van der Waals surface area contributed by atoms with Crippen LogP contribution in [-0.2, 0) is 21.3 Å². The number of carbonyl (C=O) groups is 2. The van der Waals surface area contributed by atoms with Crippen LogP contribution in [0.25, 0.3) is 10.2 Å². The van der Waals surface area contributed by atoms with E-state index in [1.165, 1.54) is 44.8 Å². The number of halogens is 1. The first-order valence-electron chi connectivity index (χ1n) is 11.5. The number of sulfonamides is 1. The second-order valence-electron chi connectivity index (χ2n) is 8.23. The van der Waals surface area contributed by atoms with Gasteiger partial charge in [-0.1, -0.05) is 28.9 Å². The Bertz CT molecular complexity index is 1560. The molecule has 1 aromatic heterocycles. The number of amides is 2. The monoisotopic (exact) mass is 560 g/mol. The molecule has 0 bridgehead atoms. The molecule has 0 unspecified atom stereocenters. The van der Waals surface area contributed by atoms with Gasteiger partial charge < -0.3 is 14.2 Å². The van der Waals surface area contributed by atoms with Crippen LogP contribution in [0.1, 0.15) is 22.8 Å². The molecule has 2 amide bonds. The molecule has 12 heteroatoms. The molecule has 0 N–H and O–H groups in total. The Labute approximate surface area is 224 Å². The molecule has 2 heterocycles. The maximum absolute atomic E-state index is 13.1. The zero-order chi connectivity index (χ0) is 26.7. The highest BCUT2D eigenvalue weighted by atomic mass is 35.5. The van der Waals surface area contributed by atoms with Crippen molar-refractivity contribution in [2.75, 3.05) is 32.8 Å². The van der Waals surface area contributed by atoms with Crippen molar-refractivity contribution in [3.8, 4) is 12.3 Å². The van der Waals surface area contributed by atoms with Gasteiger partial charge in [-0.05, 0) is 55.8 Å². The third kappa shape index (κ3) is 5.43. The van der Waals surface area contributed by atoms with E-state index in [9.17, 15) is 18.0 Å². The van der Waals surface area contributed by atoms with Crippen LogP contribution in [0.2, 0.25) is 5.02 Å². The van der Waals surface area contributed by atoms with Gasteiger partial charge in [0.25, 0.3) is 5.91 Å². The number of carbonyl (C=O) groups excluding carboxylic acids is 2. The fourth-order valence-corrected chi connectivity index (χ4v) is 6.70. The molecule has 0 atom stereocenters. The Balaban J connectivity index is 1.56. The third-order valence-electron chi connectivity index (χ3n) is 5.98. The summed E-state index contributed by atoms with van der Waals surface area (Å²) in [6.45, 7) is 4.86. The number of aromatic nitrogens is 1. The van der Waals surface area contributed by atoms with Crippen molar-refractivity contribution >= 4 is 55.2 Å². The zero-order valence-electron chi connectivity index (χ0n) is 20.3. The molecule has 4 rings (SSSR count). The number of nitrogens with zero attached hydrogens (tertiary/aromatic N) is 4. The SMILES string of the molecule is C#CCn1c(=NC(=O)c2ccc(S(=O)(=O)N3CCN(C(=O)OCC)CC3)cc2)sc2ccc(Cl)c(C)c21. The standard InChI is InChI=1S/C25H25ClN4O5S2/c1-4-12-30-22-17(3)20(26)10-11-21(22)36-24(30)27-23(31)18-6-8-19(9-7-18)37(33,34)29-15-13-28(14-16-29)25(32)35-5-2/h1,6-11H,5,12-16H2,2-3H3. The Morgan fingerprint density at radius 1 is 1.14 bits per heavy atom. The Kier molecular flexibility index (Phi) is 8.04. The fourth-order valence-electron chi connectivity index (χ4n) is 4.03. The average Bonchev–Trinajstić information content (AvgIpc) is 3.24. The molecule has 0 aliphatic carbocycles. The lowest BCUT2D eigenvalue weighted by Gasteiger charge is -2.33. The number of hydrogen-bond donors (Lipinski definition) is 0. The molecule has 37 heavy (non-hydrogen) atoms. The van der Waals surface area contributed by atoms with Crippen LogP contribution in [0.3, 0.4) is 0 Å². The smallest absolute Gasteiger partial charge is 0.409 e. The van der Waals surface area contributed by atoms with Crippen LogP contribution in [0.5, 0.6) is 0 Å². The second-order valence-corrected chi connectivity index (χ2v) is 11.6. The van der Waals surface area contributed by atoms with Crippen molar-refractivity contribution in [2.24, 2.45) is 4.99 Å². The molecule has 3 aromatic rings. The van der Waals surface area contributed by atoms with E-state index in [-0.39, 0.29) is 49.8 Å². The number of fused-ring (bicyclic) bond motifs is 1. The van der Waals surface area contributed by atoms with Gasteiger partial charge >= 0.3 is 6.09 Å². The number of terminal acetylenes is 1. The van der Waals surface area contributed by atoms with Gasteiger partial charge in [0.1, 0.15) is 0 Å². The van der Waals surface area contributed by atoms with Gasteiger partial charge in [0, 0.05) is 36.8 Å². The minimum Gasteiger partial charge on any atom is -0.450 e. The average molecular weight is 561 g/mol. The summed E-state index contributed by atoms with van der Waals surface area (Å²) < 4.78 is 35.1. The lowest BCUT2D eigenvalue weighted by Crippen LogP contribution is -2.50. The number of benzene rings is 2. The lowest BCUT2D eigenvalue weighted by molar-refractivity contribution is 0.0933. The normalized spacial score (nSPS) is 15.1. The summed E-state index contributed by atoms with van der Waals surface area (Å²) in [7, 11) is -3.79. The summed E-state index contributed by atoms with van der Waals surface area (Å²) in [6.07, 6.45) is 5.10. The second kappa shape index (κ2) is 11.1. The van der Waals surface area contributed by atoms with Gasteiger partial charge in [-0.3, -0.25) is 4.79 Å². The van der Waals surface area contributed by atoms with Crippen molar-refractivity contribution in [1.29, 1.82) is 0 Å². The topological polar surface area (TPSA) is 101 Å². The van der Waals surface area contributed by atoms with Crippen LogP contribution >= 0.6 is 22.9 Å². The first-order valence-corrected chi connectivity index (χ1v) is 14.1. The zero-order valence-corrected chi connectivity index (χ0v) is 22.7. The highest BCUT2D eigenvalue weighted by Gasteiger charge is 2.30. The molecule has 0 saturated carbocycles. The summed E-state index contributed by atoms with van der Waals surface area (Å²) in [5.74, 6) is 2.07. The van der Waals surface area contributed by atoms with Crippen LogP contribution in [0.15, 0.2) is 46.3 Å². The number of thiazole rings is 1. The highest BCUT2D eigenvalue weighted by molar-refractivity contribution is 7.89. The van der Waals surface area contributed by atoms with Crippen LogP contribution < -0.4 is 4.80 Å². The molecule has 9 nitrogen and oxygen atoms in total. The Hall–Kier alpha value is -3.17.